The molecule has 84 valence electrons. The second kappa shape index (κ2) is 4.38. The number of fused-ring (bicyclic) bond motifs is 1. The summed E-state index contributed by atoms with van der Waals surface area (Å²) in [6, 6.07) is 19.1. The molecular weight excluding hydrogens is 274 g/mol. The van der Waals surface area contributed by atoms with Crippen LogP contribution in [0.2, 0.25) is 0 Å². The molecule has 0 aliphatic rings. The Kier molecular flexibility index (Phi) is 2.73. The minimum atomic E-state index is 0.903. The van der Waals surface area contributed by atoms with E-state index >= 15 is 0 Å². The van der Waals surface area contributed by atoms with E-state index in [2.05, 4.69) is 75.5 Å². The highest BCUT2D eigenvalue weighted by Gasteiger charge is 2.02. The molecule has 1 N–H and O–H groups in total. The highest BCUT2D eigenvalue weighted by Crippen LogP contribution is 2.24. The van der Waals surface area contributed by atoms with Crippen molar-refractivity contribution >= 4 is 26.8 Å². The van der Waals surface area contributed by atoms with Crippen molar-refractivity contribution in [2.45, 2.75) is 5.33 Å². The van der Waals surface area contributed by atoms with Crippen LogP contribution in [0.5, 0.6) is 0 Å². The molecule has 0 saturated carbocycles. The smallest absolute Gasteiger partial charge is 0.0464 e. The summed E-state index contributed by atoms with van der Waals surface area (Å²) >= 11 is 3.46. The van der Waals surface area contributed by atoms with Gasteiger partial charge in [-0.1, -0.05) is 58.4 Å². The molecule has 2 aromatic carbocycles. The second-order valence-electron chi connectivity index (χ2n) is 4.10. The molecule has 0 amide bonds. The highest BCUT2D eigenvalue weighted by molar-refractivity contribution is 9.08. The number of halogens is 1. The van der Waals surface area contributed by atoms with Crippen LogP contribution in [0.25, 0.3) is 22.2 Å². The molecule has 1 heterocycles. The van der Waals surface area contributed by atoms with Gasteiger partial charge in [-0.2, -0.15) is 0 Å². The molecular formula is C15H12BrN. The molecule has 1 nitrogen and oxygen atoms in total. The van der Waals surface area contributed by atoms with Crippen molar-refractivity contribution in [2.24, 2.45) is 0 Å². The lowest BCUT2D eigenvalue weighted by Gasteiger charge is -1.99. The van der Waals surface area contributed by atoms with E-state index in [-0.39, 0.29) is 0 Å². The average Bonchev–Trinajstić information content (AvgIpc) is 2.82. The molecule has 0 atom stereocenters. The van der Waals surface area contributed by atoms with Crippen molar-refractivity contribution in [1.29, 1.82) is 0 Å². The van der Waals surface area contributed by atoms with Crippen molar-refractivity contribution in [3.8, 4) is 11.3 Å². The summed E-state index contributed by atoms with van der Waals surface area (Å²) in [6.45, 7) is 0. The van der Waals surface area contributed by atoms with Crippen LogP contribution in [0, 0.1) is 0 Å². The minimum absolute atomic E-state index is 0.903. The number of nitrogens with one attached hydrogen (secondary N) is 1. The van der Waals surface area contributed by atoms with Crippen LogP contribution in [0.1, 0.15) is 5.56 Å². The highest BCUT2D eigenvalue weighted by atomic mass is 79.9. The Balaban J connectivity index is 2.07. The summed E-state index contributed by atoms with van der Waals surface area (Å²) in [6.07, 6.45) is 0. The average molecular weight is 286 g/mol. The third-order valence-electron chi connectivity index (χ3n) is 2.95. The van der Waals surface area contributed by atoms with E-state index in [9.17, 15) is 0 Å². The molecule has 0 spiro atoms. The molecule has 0 aliphatic heterocycles. The number of hydrogen-bond acceptors (Lipinski definition) is 0. The molecule has 0 fully saturated rings. The molecule has 0 radical (unpaired) electrons. The lowest BCUT2D eigenvalue weighted by atomic mass is 10.1. The molecule has 1 aromatic heterocycles. The molecule has 0 bridgehead atoms. The number of rotatable bonds is 2. The van der Waals surface area contributed by atoms with E-state index in [1.165, 1.54) is 27.7 Å². The number of aromatic nitrogens is 1. The zero-order valence-electron chi connectivity index (χ0n) is 9.28. The van der Waals surface area contributed by atoms with Gasteiger partial charge in [-0.15, -0.1) is 0 Å². The van der Waals surface area contributed by atoms with Gasteiger partial charge in [0.1, 0.15) is 0 Å². The van der Waals surface area contributed by atoms with Crippen LogP contribution in [0.3, 0.4) is 0 Å². The van der Waals surface area contributed by atoms with E-state index in [4.69, 9.17) is 0 Å². The van der Waals surface area contributed by atoms with Gasteiger partial charge in [0.25, 0.3) is 0 Å². The Morgan fingerprint density at radius 2 is 1.71 bits per heavy atom. The van der Waals surface area contributed by atoms with Crippen LogP contribution < -0.4 is 0 Å². The Hall–Kier alpha value is -1.54. The van der Waals surface area contributed by atoms with Crippen LogP contribution in [-0.4, -0.2) is 4.98 Å². The molecule has 3 aromatic rings. The Morgan fingerprint density at radius 1 is 0.941 bits per heavy atom. The zero-order chi connectivity index (χ0) is 11.7. The summed E-state index contributed by atoms with van der Waals surface area (Å²) in [5.74, 6) is 0. The minimum Gasteiger partial charge on any atom is -0.355 e. The fraction of sp³-hybridized carbons (Fsp3) is 0.0667. The number of hydrogen-bond donors (Lipinski definition) is 1. The predicted octanol–water partition coefficient (Wildman–Crippen LogP) is 4.73. The fourth-order valence-corrected chi connectivity index (χ4v) is 2.38. The molecule has 2 heteroatoms. The monoisotopic (exact) mass is 285 g/mol. The van der Waals surface area contributed by atoms with Crippen molar-refractivity contribution in [2.75, 3.05) is 0 Å². The van der Waals surface area contributed by atoms with Gasteiger partial charge >= 0.3 is 0 Å². The van der Waals surface area contributed by atoms with E-state index < -0.39 is 0 Å². The first-order valence-corrected chi connectivity index (χ1v) is 6.72. The van der Waals surface area contributed by atoms with Crippen molar-refractivity contribution in [3.05, 3.63) is 60.2 Å². The largest absolute Gasteiger partial charge is 0.355 e. The lowest BCUT2D eigenvalue weighted by Crippen LogP contribution is -1.79. The molecule has 0 saturated heterocycles. The first-order chi connectivity index (χ1) is 8.36. The van der Waals surface area contributed by atoms with E-state index in [1.54, 1.807) is 0 Å². The fourth-order valence-electron chi connectivity index (χ4n) is 2.00. The summed E-state index contributed by atoms with van der Waals surface area (Å²) in [7, 11) is 0. The molecule has 17 heavy (non-hydrogen) atoms. The molecule has 0 aliphatic carbocycles. The maximum atomic E-state index is 3.46. The van der Waals surface area contributed by atoms with Crippen LogP contribution in [0.4, 0.5) is 0 Å². The van der Waals surface area contributed by atoms with Gasteiger partial charge in [-0.25, -0.2) is 0 Å². The molecule has 3 rings (SSSR count). The van der Waals surface area contributed by atoms with Crippen LogP contribution in [-0.2, 0) is 5.33 Å². The number of H-pyrrole nitrogens is 1. The van der Waals surface area contributed by atoms with Gasteiger partial charge in [0.15, 0.2) is 0 Å². The van der Waals surface area contributed by atoms with Crippen LogP contribution >= 0.6 is 15.9 Å². The normalized spacial score (nSPS) is 10.9. The third kappa shape index (κ3) is 2.01. The van der Waals surface area contributed by atoms with Gasteiger partial charge < -0.3 is 4.98 Å². The standard InChI is InChI=1S/C15H12BrN/c16-10-11-5-7-12(8-6-11)15-9-13-3-1-2-4-14(13)17-15/h1-9,17H,10H2. The first-order valence-electron chi connectivity index (χ1n) is 5.60. The van der Waals surface area contributed by atoms with Gasteiger partial charge in [0.2, 0.25) is 0 Å². The number of benzene rings is 2. The Bertz CT molecular complexity index is 604. The Labute approximate surface area is 109 Å². The van der Waals surface area contributed by atoms with Crippen molar-refractivity contribution in [1.82, 2.24) is 4.98 Å². The van der Waals surface area contributed by atoms with Gasteiger partial charge in [-0.05, 0) is 23.3 Å². The number of alkyl halides is 1. The summed E-state index contributed by atoms with van der Waals surface area (Å²) in [5.41, 5.74) is 4.88. The summed E-state index contributed by atoms with van der Waals surface area (Å²) in [4.78, 5) is 3.44. The van der Waals surface area contributed by atoms with Crippen molar-refractivity contribution in [3.63, 3.8) is 0 Å². The van der Waals surface area contributed by atoms with Gasteiger partial charge in [0.05, 0.1) is 0 Å². The lowest BCUT2D eigenvalue weighted by molar-refractivity contribution is 1.41. The number of aromatic amines is 1. The van der Waals surface area contributed by atoms with Crippen LogP contribution in [0.15, 0.2) is 54.6 Å². The topological polar surface area (TPSA) is 15.8 Å². The maximum absolute atomic E-state index is 3.46. The third-order valence-corrected chi connectivity index (χ3v) is 3.60. The summed E-state index contributed by atoms with van der Waals surface area (Å²) < 4.78 is 0. The van der Waals surface area contributed by atoms with Gasteiger partial charge in [0, 0.05) is 21.9 Å². The van der Waals surface area contributed by atoms with Gasteiger partial charge in [-0.3, -0.25) is 0 Å². The van der Waals surface area contributed by atoms with E-state index in [1.807, 2.05) is 0 Å². The quantitative estimate of drug-likeness (QED) is 0.655. The summed E-state index contributed by atoms with van der Waals surface area (Å²) in [5, 5.41) is 2.16. The SMILES string of the molecule is BrCc1ccc(-c2cc3ccccc3[nH]2)cc1. The Morgan fingerprint density at radius 3 is 2.41 bits per heavy atom. The zero-order valence-corrected chi connectivity index (χ0v) is 10.9. The van der Waals surface area contributed by atoms with E-state index in [0.717, 1.165) is 5.33 Å². The second-order valence-corrected chi connectivity index (χ2v) is 4.66. The number of para-hydroxylation sites is 1. The van der Waals surface area contributed by atoms with E-state index in [0.29, 0.717) is 0 Å². The van der Waals surface area contributed by atoms with Crippen molar-refractivity contribution < 1.29 is 0 Å². The first kappa shape index (κ1) is 10.6. The maximum Gasteiger partial charge on any atom is 0.0464 e. The predicted molar refractivity (Wildman–Crippen MR) is 76.4 cm³/mol. The molecule has 0 unspecified atom stereocenters.